The molecule has 100 valence electrons. The summed E-state index contributed by atoms with van der Waals surface area (Å²) in [6.07, 6.45) is 3.01. The highest BCUT2D eigenvalue weighted by atomic mass is 19.1. The van der Waals surface area contributed by atoms with Crippen LogP contribution in [0.3, 0.4) is 0 Å². The van der Waals surface area contributed by atoms with E-state index < -0.39 is 6.67 Å². The summed E-state index contributed by atoms with van der Waals surface area (Å²) in [5.41, 5.74) is 1.11. The summed E-state index contributed by atoms with van der Waals surface area (Å²) in [5.74, 6) is 0.306. The summed E-state index contributed by atoms with van der Waals surface area (Å²) < 4.78 is 18.8. The van der Waals surface area contributed by atoms with Crippen LogP contribution in [0, 0.1) is 0 Å². The largest absolute Gasteiger partial charge is 0.494 e. The van der Waals surface area contributed by atoms with Crippen LogP contribution in [0.1, 0.15) is 10.4 Å². The molecule has 0 spiro atoms. The number of amides is 1. The van der Waals surface area contributed by atoms with Gasteiger partial charge >= 0.3 is 0 Å². The van der Waals surface area contributed by atoms with Gasteiger partial charge in [0.1, 0.15) is 18.1 Å². The van der Waals surface area contributed by atoms with E-state index in [0.717, 1.165) is 5.69 Å². The van der Waals surface area contributed by atoms with E-state index in [0.29, 0.717) is 11.3 Å². The molecule has 6 heteroatoms. The molecule has 1 aromatic heterocycles. The standard InChI is InChI=1S/C13H14FN3O2/c1-19-12-5-3-2-4-11(12)17-9-10(8-16-17)13(18)15-7-6-14/h2-5,8-9H,6-7H2,1H3,(H,15,18). The number of hydrogen-bond acceptors (Lipinski definition) is 3. The van der Waals surface area contributed by atoms with Crippen LogP contribution in [0.2, 0.25) is 0 Å². The number of hydrogen-bond donors (Lipinski definition) is 1. The molecule has 1 amide bonds. The number of halogens is 1. The summed E-state index contributed by atoms with van der Waals surface area (Å²) in [6.45, 7) is -0.592. The van der Waals surface area contributed by atoms with Crippen molar-refractivity contribution in [1.82, 2.24) is 15.1 Å². The van der Waals surface area contributed by atoms with Crippen molar-refractivity contribution < 1.29 is 13.9 Å². The molecule has 1 aromatic carbocycles. The average Bonchev–Trinajstić information content (AvgIpc) is 2.94. The second kappa shape index (κ2) is 5.99. The van der Waals surface area contributed by atoms with Gasteiger partial charge in [-0.05, 0) is 12.1 Å². The zero-order valence-electron chi connectivity index (χ0n) is 10.5. The first-order valence-electron chi connectivity index (χ1n) is 5.78. The van der Waals surface area contributed by atoms with Crippen molar-refractivity contribution in [3.8, 4) is 11.4 Å². The second-order valence-corrected chi connectivity index (χ2v) is 3.79. The van der Waals surface area contributed by atoms with E-state index in [-0.39, 0.29) is 12.5 Å². The van der Waals surface area contributed by atoms with E-state index in [1.807, 2.05) is 18.2 Å². The first-order valence-corrected chi connectivity index (χ1v) is 5.78. The van der Waals surface area contributed by atoms with Gasteiger partial charge in [0.2, 0.25) is 0 Å². The summed E-state index contributed by atoms with van der Waals surface area (Å²) >= 11 is 0. The molecule has 2 aromatic rings. The van der Waals surface area contributed by atoms with Crippen LogP contribution < -0.4 is 10.1 Å². The van der Waals surface area contributed by atoms with Gasteiger partial charge in [0.05, 0.1) is 18.9 Å². The fourth-order valence-electron chi connectivity index (χ4n) is 1.65. The molecule has 0 aliphatic rings. The Balaban J connectivity index is 2.23. The molecule has 0 fully saturated rings. The minimum Gasteiger partial charge on any atom is -0.494 e. The Morgan fingerprint density at radius 3 is 3.00 bits per heavy atom. The fourth-order valence-corrected chi connectivity index (χ4v) is 1.65. The van der Waals surface area contributed by atoms with Gasteiger partial charge in [0.25, 0.3) is 5.91 Å². The topological polar surface area (TPSA) is 56.1 Å². The van der Waals surface area contributed by atoms with Gasteiger partial charge in [-0.15, -0.1) is 0 Å². The van der Waals surface area contributed by atoms with E-state index in [1.165, 1.54) is 6.20 Å². The fraction of sp³-hybridized carbons (Fsp3) is 0.231. The van der Waals surface area contributed by atoms with Crippen molar-refractivity contribution in [2.45, 2.75) is 0 Å². The highest BCUT2D eigenvalue weighted by molar-refractivity contribution is 5.93. The number of para-hydroxylation sites is 2. The number of nitrogens with one attached hydrogen (secondary N) is 1. The van der Waals surface area contributed by atoms with Gasteiger partial charge in [-0.2, -0.15) is 5.10 Å². The number of alkyl halides is 1. The lowest BCUT2D eigenvalue weighted by Gasteiger charge is -2.07. The molecule has 0 aliphatic carbocycles. The van der Waals surface area contributed by atoms with Crippen molar-refractivity contribution in [3.05, 3.63) is 42.2 Å². The molecular weight excluding hydrogens is 249 g/mol. The third-order valence-corrected chi connectivity index (χ3v) is 2.56. The normalized spacial score (nSPS) is 10.2. The Morgan fingerprint density at radius 1 is 1.47 bits per heavy atom. The van der Waals surface area contributed by atoms with Crippen molar-refractivity contribution in [2.75, 3.05) is 20.3 Å². The maximum Gasteiger partial charge on any atom is 0.254 e. The highest BCUT2D eigenvalue weighted by Gasteiger charge is 2.10. The third-order valence-electron chi connectivity index (χ3n) is 2.56. The number of nitrogens with zero attached hydrogens (tertiary/aromatic N) is 2. The van der Waals surface area contributed by atoms with Crippen LogP contribution in [0.5, 0.6) is 5.75 Å². The minimum atomic E-state index is -0.591. The van der Waals surface area contributed by atoms with Gasteiger partial charge < -0.3 is 10.1 Å². The Morgan fingerprint density at radius 2 is 2.26 bits per heavy atom. The second-order valence-electron chi connectivity index (χ2n) is 3.79. The van der Waals surface area contributed by atoms with Crippen LogP contribution in [0.4, 0.5) is 4.39 Å². The zero-order chi connectivity index (χ0) is 13.7. The lowest BCUT2D eigenvalue weighted by molar-refractivity contribution is 0.0951. The number of aromatic nitrogens is 2. The van der Waals surface area contributed by atoms with Gasteiger partial charge in [0.15, 0.2) is 0 Å². The number of methoxy groups -OCH3 is 1. The van der Waals surface area contributed by atoms with E-state index in [4.69, 9.17) is 4.74 Å². The molecule has 0 bridgehead atoms. The van der Waals surface area contributed by atoms with Crippen LogP contribution in [0.15, 0.2) is 36.7 Å². The third kappa shape index (κ3) is 2.90. The van der Waals surface area contributed by atoms with E-state index in [1.54, 1.807) is 24.1 Å². The Bertz CT molecular complexity index is 569. The SMILES string of the molecule is COc1ccccc1-n1cc(C(=O)NCCF)cn1. The summed E-state index contributed by atoms with van der Waals surface area (Å²) in [5, 5.41) is 6.55. The maximum atomic E-state index is 12.0. The predicted molar refractivity (Wildman–Crippen MR) is 68.4 cm³/mol. The molecule has 1 heterocycles. The molecule has 0 saturated carbocycles. The molecule has 0 radical (unpaired) electrons. The molecular formula is C13H14FN3O2. The number of carbonyl (C=O) groups is 1. The quantitative estimate of drug-likeness (QED) is 0.891. The smallest absolute Gasteiger partial charge is 0.254 e. The summed E-state index contributed by atoms with van der Waals surface area (Å²) in [6, 6.07) is 7.33. The summed E-state index contributed by atoms with van der Waals surface area (Å²) in [4.78, 5) is 11.6. The van der Waals surface area contributed by atoms with E-state index >= 15 is 0 Å². The molecule has 0 unspecified atom stereocenters. The van der Waals surface area contributed by atoms with Crippen LogP contribution in [-0.4, -0.2) is 36.0 Å². The van der Waals surface area contributed by atoms with Gasteiger partial charge in [-0.3, -0.25) is 4.79 Å². The summed E-state index contributed by atoms with van der Waals surface area (Å²) in [7, 11) is 1.57. The van der Waals surface area contributed by atoms with E-state index in [2.05, 4.69) is 10.4 Å². The first kappa shape index (κ1) is 13.1. The van der Waals surface area contributed by atoms with Crippen molar-refractivity contribution in [2.24, 2.45) is 0 Å². The van der Waals surface area contributed by atoms with Gasteiger partial charge in [-0.25, -0.2) is 9.07 Å². The lowest BCUT2D eigenvalue weighted by Crippen LogP contribution is -2.25. The maximum absolute atomic E-state index is 12.0. The molecule has 5 nitrogen and oxygen atoms in total. The van der Waals surface area contributed by atoms with E-state index in [9.17, 15) is 9.18 Å². The van der Waals surface area contributed by atoms with Crippen molar-refractivity contribution in [1.29, 1.82) is 0 Å². The van der Waals surface area contributed by atoms with Crippen molar-refractivity contribution in [3.63, 3.8) is 0 Å². The number of carbonyl (C=O) groups excluding carboxylic acids is 1. The molecule has 19 heavy (non-hydrogen) atoms. The average molecular weight is 263 g/mol. The Kier molecular flexibility index (Phi) is 4.12. The Hall–Kier alpha value is -2.37. The predicted octanol–water partition coefficient (Wildman–Crippen LogP) is 1.58. The molecule has 0 aliphatic heterocycles. The van der Waals surface area contributed by atoms with Crippen LogP contribution >= 0.6 is 0 Å². The minimum absolute atomic E-state index is 0.00132. The Labute approximate surface area is 110 Å². The first-order chi connectivity index (χ1) is 9.26. The monoisotopic (exact) mass is 263 g/mol. The molecule has 1 N–H and O–H groups in total. The zero-order valence-corrected chi connectivity index (χ0v) is 10.5. The van der Waals surface area contributed by atoms with Crippen molar-refractivity contribution >= 4 is 5.91 Å². The van der Waals surface area contributed by atoms with Crippen LogP contribution in [-0.2, 0) is 0 Å². The molecule has 2 rings (SSSR count). The molecule has 0 atom stereocenters. The number of rotatable bonds is 5. The lowest BCUT2D eigenvalue weighted by atomic mass is 10.3. The van der Waals surface area contributed by atoms with Gasteiger partial charge in [0, 0.05) is 12.7 Å². The van der Waals surface area contributed by atoms with Gasteiger partial charge in [-0.1, -0.05) is 12.1 Å². The number of benzene rings is 1. The molecule has 0 saturated heterocycles. The van der Waals surface area contributed by atoms with Crippen LogP contribution in [0.25, 0.3) is 5.69 Å². The highest BCUT2D eigenvalue weighted by Crippen LogP contribution is 2.21. The number of ether oxygens (including phenoxy) is 1.